The average Bonchev–Trinajstić information content (AvgIpc) is 3.68. The fourth-order valence-electron chi connectivity index (χ4n) is 14.0. The SMILES string of the molecule is Cc1cc2c3c(c1)N(c1ccc(C(C)(C)C)cc1)c1c(oc4cc5c(cc14)C(C)(C)CCC5(C)C)B3c1cc3c(cc1N2c1cc2c(cc1-c1ccccc1)C(C)(C)CCC2(C)C)C(C)(C)CCC3(C)C. The van der Waals surface area contributed by atoms with Crippen LogP contribution in [0.15, 0.2) is 108 Å². The molecule has 71 heavy (non-hydrogen) atoms. The second-order valence-electron chi connectivity index (χ2n) is 27.9. The van der Waals surface area contributed by atoms with Crippen molar-refractivity contribution < 1.29 is 4.42 Å². The second kappa shape index (κ2) is 14.8. The molecule has 0 fully saturated rings. The zero-order valence-corrected chi connectivity index (χ0v) is 45.9. The predicted molar refractivity (Wildman–Crippen MR) is 305 cm³/mol. The molecule has 3 nitrogen and oxygen atoms in total. The van der Waals surface area contributed by atoms with Crippen LogP contribution in [0, 0.1) is 6.92 Å². The number of fused-ring (bicyclic) bond motifs is 9. The third-order valence-electron chi connectivity index (χ3n) is 19.0. The van der Waals surface area contributed by atoms with E-state index in [1.165, 1.54) is 112 Å². The zero-order chi connectivity index (χ0) is 50.3. The van der Waals surface area contributed by atoms with E-state index in [-0.39, 0.29) is 44.6 Å². The lowest BCUT2D eigenvalue weighted by atomic mass is 9.35. The summed E-state index contributed by atoms with van der Waals surface area (Å²) in [6.07, 6.45) is 6.95. The van der Waals surface area contributed by atoms with Gasteiger partial charge in [-0.2, -0.15) is 0 Å². The van der Waals surface area contributed by atoms with Crippen LogP contribution in [0.3, 0.4) is 0 Å². The Kier molecular flexibility index (Phi) is 9.73. The molecule has 5 aliphatic rings. The highest BCUT2D eigenvalue weighted by atomic mass is 16.3. The van der Waals surface area contributed by atoms with E-state index >= 15 is 0 Å². The summed E-state index contributed by atoms with van der Waals surface area (Å²) >= 11 is 0. The van der Waals surface area contributed by atoms with Gasteiger partial charge in [-0.15, -0.1) is 0 Å². The minimum absolute atomic E-state index is 0.0134. The molecule has 0 saturated carbocycles. The van der Waals surface area contributed by atoms with Crippen LogP contribution in [-0.4, -0.2) is 6.71 Å². The Bertz CT molecular complexity index is 3370. The van der Waals surface area contributed by atoms with Gasteiger partial charge in [-0.05, 0) is 199 Å². The maximum atomic E-state index is 7.72. The van der Waals surface area contributed by atoms with E-state index in [1.54, 1.807) is 0 Å². The molecular weight excluding hydrogens is 860 g/mol. The molecule has 12 rings (SSSR count). The Morgan fingerprint density at radius 3 is 1.48 bits per heavy atom. The Morgan fingerprint density at radius 2 is 0.944 bits per heavy atom. The maximum absolute atomic E-state index is 7.72. The van der Waals surface area contributed by atoms with Gasteiger partial charge in [0, 0.05) is 33.7 Å². The van der Waals surface area contributed by atoms with Crippen molar-refractivity contribution in [2.45, 2.75) is 187 Å². The molecule has 7 aromatic rings. The second-order valence-corrected chi connectivity index (χ2v) is 27.9. The van der Waals surface area contributed by atoms with Crippen LogP contribution in [0.2, 0.25) is 0 Å². The van der Waals surface area contributed by atoms with Gasteiger partial charge in [-0.3, -0.25) is 0 Å². The van der Waals surface area contributed by atoms with Crippen LogP contribution in [0.4, 0.5) is 34.1 Å². The van der Waals surface area contributed by atoms with Crippen molar-refractivity contribution >= 4 is 68.4 Å². The summed E-state index contributed by atoms with van der Waals surface area (Å²) < 4.78 is 7.72. The summed E-state index contributed by atoms with van der Waals surface area (Å²) in [4.78, 5) is 5.34. The molecule has 0 radical (unpaired) electrons. The summed E-state index contributed by atoms with van der Waals surface area (Å²) in [5.41, 5.74) is 26.3. The van der Waals surface area contributed by atoms with Gasteiger partial charge in [0.05, 0.1) is 17.0 Å². The highest BCUT2D eigenvalue weighted by Crippen LogP contribution is 2.56. The molecule has 1 aromatic heterocycles. The van der Waals surface area contributed by atoms with Crippen molar-refractivity contribution in [1.29, 1.82) is 0 Å². The Balaban J connectivity index is 1.24. The standard InChI is InChI=1S/C67H77BN2O/c1-40-32-55-58-56(33-40)70(53-37-49-46(62(5,6)26-29-65(49,11)12)34-44(53)41-20-18-17-19-21-41)54-38-50-48(64(9,10)28-30-66(50,13)14)36-52(54)68(58)60-59(69(55)43-24-22-42(23-25-43)61(2,3)4)45-35-47-51(39-57(45)71-60)67(15,16)31-27-63(47,7)8/h17-25,32-39H,26-31H2,1-16H3. The van der Waals surface area contributed by atoms with E-state index in [9.17, 15) is 0 Å². The summed E-state index contributed by atoms with van der Waals surface area (Å²) in [6, 6.07) is 41.3. The zero-order valence-electron chi connectivity index (χ0n) is 45.9. The Hall–Kier alpha value is -5.48. The topological polar surface area (TPSA) is 19.6 Å². The first-order valence-corrected chi connectivity index (χ1v) is 27.1. The van der Waals surface area contributed by atoms with E-state index in [0.717, 1.165) is 43.3 Å². The molecule has 0 atom stereocenters. The van der Waals surface area contributed by atoms with Gasteiger partial charge < -0.3 is 14.2 Å². The lowest BCUT2D eigenvalue weighted by molar-refractivity contribution is 0.332. The third kappa shape index (κ3) is 6.88. The number of hydrogen-bond acceptors (Lipinski definition) is 3. The van der Waals surface area contributed by atoms with Crippen LogP contribution in [0.25, 0.3) is 22.1 Å². The lowest BCUT2D eigenvalue weighted by Gasteiger charge is -2.47. The van der Waals surface area contributed by atoms with Crippen molar-refractivity contribution in [2.75, 3.05) is 9.80 Å². The average molecular weight is 937 g/mol. The van der Waals surface area contributed by atoms with Crippen molar-refractivity contribution in [3.8, 4) is 11.1 Å². The smallest absolute Gasteiger partial charge is 0.297 e. The molecule has 3 heterocycles. The molecule has 0 spiro atoms. The van der Waals surface area contributed by atoms with E-state index in [0.29, 0.717) is 0 Å². The van der Waals surface area contributed by atoms with Gasteiger partial charge in [0.25, 0.3) is 6.71 Å². The molecule has 0 bridgehead atoms. The van der Waals surface area contributed by atoms with Gasteiger partial charge in [0.1, 0.15) is 5.58 Å². The quantitative estimate of drug-likeness (QED) is 0.165. The largest absolute Gasteiger partial charge is 0.468 e. The van der Waals surface area contributed by atoms with Crippen LogP contribution in [-0.2, 0) is 37.9 Å². The molecule has 2 aliphatic heterocycles. The van der Waals surface area contributed by atoms with Gasteiger partial charge in [-0.25, -0.2) is 0 Å². The van der Waals surface area contributed by atoms with Gasteiger partial charge in [-0.1, -0.05) is 152 Å². The highest BCUT2D eigenvalue weighted by Gasteiger charge is 2.50. The van der Waals surface area contributed by atoms with Crippen LogP contribution in [0.1, 0.15) is 187 Å². The molecule has 364 valence electrons. The summed E-state index contributed by atoms with van der Waals surface area (Å²) in [5, 5.41) is 1.22. The normalized spacial score (nSPS) is 20.4. The van der Waals surface area contributed by atoms with Gasteiger partial charge >= 0.3 is 0 Å². The molecule has 0 saturated heterocycles. The fourth-order valence-corrected chi connectivity index (χ4v) is 14.0. The molecule has 0 unspecified atom stereocenters. The first kappa shape index (κ1) is 46.6. The van der Waals surface area contributed by atoms with Crippen molar-refractivity contribution in [3.05, 3.63) is 148 Å². The van der Waals surface area contributed by atoms with Crippen molar-refractivity contribution in [3.63, 3.8) is 0 Å². The van der Waals surface area contributed by atoms with Crippen LogP contribution in [0.5, 0.6) is 0 Å². The molecule has 4 heteroatoms. The number of aryl methyl sites for hydroxylation is 1. The summed E-state index contributed by atoms with van der Waals surface area (Å²) in [6.45, 7) is 38.8. The molecule has 0 N–H and O–H groups in total. The van der Waals surface area contributed by atoms with Gasteiger partial charge in [0.15, 0.2) is 0 Å². The maximum Gasteiger partial charge on any atom is 0.297 e. The van der Waals surface area contributed by atoms with Crippen LogP contribution < -0.4 is 26.4 Å². The number of hydrogen-bond donors (Lipinski definition) is 0. The fraction of sp³-hybridized carbons (Fsp3) is 0.433. The molecule has 6 aromatic carbocycles. The third-order valence-corrected chi connectivity index (χ3v) is 19.0. The number of benzene rings is 6. The van der Waals surface area contributed by atoms with E-state index < -0.39 is 0 Å². The van der Waals surface area contributed by atoms with Gasteiger partial charge in [0.2, 0.25) is 0 Å². The number of nitrogens with zero attached hydrogens (tertiary/aromatic N) is 2. The van der Waals surface area contributed by atoms with E-state index in [1.807, 2.05) is 0 Å². The van der Waals surface area contributed by atoms with Crippen molar-refractivity contribution in [1.82, 2.24) is 0 Å². The predicted octanol–water partition coefficient (Wildman–Crippen LogP) is 16.8. The Labute approximate surface area is 426 Å². The number of anilines is 6. The summed E-state index contributed by atoms with van der Waals surface area (Å²) in [7, 11) is 0. The minimum Gasteiger partial charge on any atom is -0.468 e. The van der Waals surface area contributed by atoms with E-state index in [4.69, 9.17) is 4.42 Å². The lowest BCUT2D eigenvalue weighted by Crippen LogP contribution is -2.61. The Morgan fingerprint density at radius 1 is 0.479 bits per heavy atom. The first-order valence-electron chi connectivity index (χ1n) is 27.1. The number of rotatable bonds is 3. The minimum atomic E-state index is -0.128. The molecule has 0 amide bonds. The number of furan rings is 1. The molecular formula is C67H77BN2O. The molecule has 3 aliphatic carbocycles. The monoisotopic (exact) mass is 937 g/mol. The highest BCUT2D eigenvalue weighted by molar-refractivity contribution is 7.00. The van der Waals surface area contributed by atoms with E-state index in [2.05, 4.69) is 224 Å². The first-order chi connectivity index (χ1) is 33.2. The summed E-state index contributed by atoms with van der Waals surface area (Å²) in [5.74, 6) is 0. The van der Waals surface area contributed by atoms with Crippen LogP contribution >= 0.6 is 0 Å². The van der Waals surface area contributed by atoms with Crippen molar-refractivity contribution in [2.24, 2.45) is 0 Å².